The molecule has 0 aromatic carbocycles. The normalized spacial score (nSPS) is 12.3. The van der Waals surface area contributed by atoms with Crippen LogP contribution in [0.25, 0.3) is 0 Å². The Bertz CT molecular complexity index is 481. The number of aliphatic hydroxyl groups excluding tert-OH is 1. The van der Waals surface area contributed by atoms with Gasteiger partial charge in [-0.15, -0.1) is 0 Å². The molecular formula is C13H15NO4S. The maximum absolute atomic E-state index is 11.7. The molecule has 0 saturated heterocycles. The van der Waals surface area contributed by atoms with Crippen molar-refractivity contribution in [2.45, 2.75) is 6.10 Å². The molecular weight excluding hydrogens is 266 g/mol. The summed E-state index contributed by atoms with van der Waals surface area (Å²) >= 11 is 1.56. The number of carbonyl (C=O) groups excluding carboxylic acids is 1. The van der Waals surface area contributed by atoms with Gasteiger partial charge in [-0.3, -0.25) is 4.79 Å². The summed E-state index contributed by atoms with van der Waals surface area (Å²) in [6.45, 7) is 0.514. The van der Waals surface area contributed by atoms with Crippen LogP contribution >= 0.6 is 11.3 Å². The third kappa shape index (κ3) is 3.92. The van der Waals surface area contributed by atoms with E-state index in [1.54, 1.807) is 23.5 Å². The van der Waals surface area contributed by atoms with E-state index in [-0.39, 0.29) is 31.0 Å². The lowest BCUT2D eigenvalue weighted by molar-refractivity contribution is 0.0277. The topological polar surface area (TPSA) is 71.7 Å². The molecule has 0 aliphatic carbocycles. The van der Waals surface area contributed by atoms with Crippen LogP contribution in [0.4, 0.5) is 0 Å². The molecule has 0 fully saturated rings. The second kappa shape index (κ2) is 7.08. The van der Waals surface area contributed by atoms with E-state index >= 15 is 0 Å². The molecule has 6 heteroatoms. The minimum Gasteiger partial charge on any atom is -0.459 e. The zero-order valence-electron chi connectivity index (χ0n) is 10.2. The second-order valence-corrected chi connectivity index (χ2v) is 4.61. The highest BCUT2D eigenvalue weighted by atomic mass is 32.1. The van der Waals surface area contributed by atoms with Crippen molar-refractivity contribution in [3.05, 3.63) is 46.5 Å². The van der Waals surface area contributed by atoms with Crippen LogP contribution in [0.1, 0.15) is 22.2 Å². The van der Waals surface area contributed by atoms with Crippen molar-refractivity contribution in [3.8, 4) is 0 Å². The van der Waals surface area contributed by atoms with E-state index in [1.807, 2.05) is 16.8 Å². The SMILES string of the molecule is O=C(NCC(OCCO)c1ccsc1)c1ccco1. The van der Waals surface area contributed by atoms with Crippen LogP contribution in [0.5, 0.6) is 0 Å². The molecule has 0 aliphatic rings. The van der Waals surface area contributed by atoms with E-state index in [0.717, 1.165) is 5.56 Å². The van der Waals surface area contributed by atoms with Crippen molar-refractivity contribution < 1.29 is 19.1 Å². The first kappa shape index (κ1) is 13.8. The maximum Gasteiger partial charge on any atom is 0.287 e. The van der Waals surface area contributed by atoms with Gasteiger partial charge < -0.3 is 19.6 Å². The minimum absolute atomic E-state index is 0.0488. The fraction of sp³-hybridized carbons (Fsp3) is 0.308. The number of aliphatic hydroxyl groups is 1. The summed E-state index contributed by atoms with van der Waals surface area (Å²) in [7, 11) is 0. The Balaban J connectivity index is 1.91. The fourth-order valence-corrected chi connectivity index (χ4v) is 2.31. The number of carbonyl (C=O) groups is 1. The number of nitrogens with one attached hydrogen (secondary N) is 1. The molecule has 1 atom stereocenters. The number of hydrogen-bond acceptors (Lipinski definition) is 5. The van der Waals surface area contributed by atoms with Gasteiger partial charge in [0.15, 0.2) is 5.76 Å². The molecule has 1 amide bonds. The van der Waals surface area contributed by atoms with Gasteiger partial charge in [0, 0.05) is 6.54 Å². The number of thiophene rings is 1. The molecule has 102 valence electrons. The summed E-state index contributed by atoms with van der Waals surface area (Å²) in [6.07, 6.45) is 1.19. The van der Waals surface area contributed by atoms with Gasteiger partial charge in [0.1, 0.15) is 6.10 Å². The van der Waals surface area contributed by atoms with E-state index in [0.29, 0.717) is 6.54 Å². The van der Waals surface area contributed by atoms with E-state index < -0.39 is 0 Å². The van der Waals surface area contributed by atoms with E-state index in [1.165, 1.54) is 6.26 Å². The van der Waals surface area contributed by atoms with Crippen molar-refractivity contribution in [3.63, 3.8) is 0 Å². The number of rotatable bonds is 7. The van der Waals surface area contributed by atoms with Crippen LogP contribution in [0, 0.1) is 0 Å². The third-order valence-electron chi connectivity index (χ3n) is 2.52. The van der Waals surface area contributed by atoms with E-state index in [4.69, 9.17) is 14.3 Å². The molecule has 2 heterocycles. The van der Waals surface area contributed by atoms with Crippen molar-refractivity contribution in [1.82, 2.24) is 5.32 Å². The van der Waals surface area contributed by atoms with Crippen molar-refractivity contribution in [2.75, 3.05) is 19.8 Å². The molecule has 19 heavy (non-hydrogen) atoms. The maximum atomic E-state index is 11.7. The summed E-state index contributed by atoms with van der Waals surface area (Å²) in [6, 6.07) is 5.20. The summed E-state index contributed by atoms with van der Waals surface area (Å²) in [5.74, 6) is -0.0101. The van der Waals surface area contributed by atoms with E-state index in [2.05, 4.69) is 5.32 Å². The van der Waals surface area contributed by atoms with Gasteiger partial charge in [-0.25, -0.2) is 0 Å². The molecule has 0 bridgehead atoms. The second-order valence-electron chi connectivity index (χ2n) is 3.83. The highest BCUT2D eigenvalue weighted by Crippen LogP contribution is 2.19. The Kier molecular flexibility index (Phi) is 5.14. The molecule has 5 nitrogen and oxygen atoms in total. The summed E-state index contributed by atoms with van der Waals surface area (Å²) < 4.78 is 10.5. The summed E-state index contributed by atoms with van der Waals surface area (Å²) in [5.41, 5.74) is 0.984. The standard InChI is InChI=1S/C13H15NO4S/c15-4-6-18-12(10-3-7-19-9-10)8-14-13(16)11-2-1-5-17-11/h1-3,5,7,9,12,15H,4,6,8H2,(H,14,16). The fourth-order valence-electron chi connectivity index (χ4n) is 1.61. The lowest BCUT2D eigenvalue weighted by Gasteiger charge is -2.16. The molecule has 0 saturated carbocycles. The Labute approximate surface area is 114 Å². The molecule has 0 spiro atoms. The molecule has 2 N–H and O–H groups in total. The predicted molar refractivity (Wildman–Crippen MR) is 71.1 cm³/mol. The first-order valence-electron chi connectivity index (χ1n) is 5.87. The van der Waals surface area contributed by atoms with Crippen LogP contribution in [-0.2, 0) is 4.74 Å². The van der Waals surface area contributed by atoms with Crippen LogP contribution in [-0.4, -0.2) is 30.8 Å². The molecule has 1 unspecified atom stereocenters. The first-order valence-corrected chi connectivity index (χ1v) is 6.82. The van der Waals surface area contributed by atoms with Gasteiger partial charge >= 0.3 is 0 Å². The quantitative estimate of drug-likeness (QED) is 0.812. The van der Waals surface area contributed by atoms with Gasteiger partial charge in [-0.2, -0.15) is 11.3 Å². The Morgan fingerprint density at radius 3 is 3.05 bits per heavy atom. The van der Waals surface area contributed by atoms with Crippen LogP contribution in [0.2, 0.25) is 0 Å². The average molecular weight is 281 g/mol. The Morgan fingerprint density at radius 2 is 2.42 bits per heavy atom. The molecule has 0 aliphatic heterocycles. The van der Waals surface area contributed by atoms with Gasteiger partial charge in [0.05, 0.1) is 19.5 Å². The van der Waals surface area contributed by atoms with Gasteiger partial charge in [0.25, 0.3) is 5.91 Å². The van der Waals surface area contributed by atoms with Crippen LogP contribution in [0.3, 0.4) is 0 Å². The summed E-state index contributed by atoms with van der Waals surface area (Å²) in [5, 5.41) is 15.5. The molecule has 2 aromatic rings. The highest BCUT2D eigenvalue weighted by molar-refractivity contribution is 7.07. The minimum atomic E-state index is -0.280. The van der Waals surface area contributed by atoms with Crippen LogP contribution in [0.15, 0.2) is 39.6 Å². The largest absolute Gasteiger partial charge is 0.459 e. The van der Waals surface area contributed by atoms with Gasteiger partial charge in [-0.1, -0.05) is 0 Å². The van der Waals surface area contributed by atoms with Crippen molar-refractivity contribution in [1.29, 1.82) is 0 Å². The average Bonchev–Trinajstić information content (AvgIpc) is 3.11. The van der Waals surface area contributed by atoms with E-state index in [9.17, 15) is 4.79 Å². The zero-order valence-corrected chi connectivity index (χ0v) is 11.1. The Hall–Kier alpha value is -1.63. The molecule has 2 aromatic heterocycles. The molecule has 0 radical (unpaired) electrons. The van der Waals surface area contributed by atoms with Crippen molar-refractivity contribution >= 4 is 17.2 Å². The van der Waals surface area contributed by atoms with Crippen LogP contribution < -0.4 is 5.32 Å². The smallest absolute Gasteiger partial charge is 0.287 e. The number of hydrogen-bond donors (Lipinski definition) is 2. The molecule has 2 rings (SSSR count). The number of amides is 1. The van der Waals surface area contributed by atoms with Gasteiger partial charge in [0.2, 0.25) is 0 Å². The number of ether oxygens (including phenoxy) is 1. The lowest BCUT2D eigenvalue weighted by Crippen LogP contribution is -2.29. The Morgan fingerprint density at radius 1 is 1.53 bits per heavy atom. The first-order chi connectivity index (χ1) is 9.31. The zero-order chi connectivity index (χ0) is 13.5. The lowest BCUT2D eigenvalue weighted by atomic mass is 10.2. The predicted octanol–water partition coefficient (Wildman–Crippen LogP) is 1.82. The summed E-state index contributed by atoms with van der Waals surface area (Å²) in [4.78, 5) is 11.7. The monoisotopic (exact) mass is 281 g/mol. The third-order valence-corrected chi connectivity index (χ3v) is 3.22. The highest BCUT2D eigenvalue weighted by Gasteiger charge is 2.15. The number of furan rings is 1. The van der Waals surface area contributed by atoms with Crippen molar-refractivity contribution in [2.24, 2.45) is 0 Å². The van der Waals surface area contributed by atoms with Gasteiger partial charge in [-0.05, 0) is 34.5 Å².